The van der Waals surface area contributed by atoms with Crippen LogP contribution in [0, 0.1) is 5.92 Å². The molecule has 3 nitrogen and oxygen atoms in total. The Hall–Kier alpha value is -1.77. The van der Waals surface area contributed by atoms with Gasteiger partial charge in [-0.1, -0.05) is 26.7 Å². The van der Waals surface area contributed by atoms with Gasteiger partial charge in [-0.3, -0.25) is 0 Å². The highest BCUT2D eigenvalue weighted by Crippen LogP contribution is 2.26. The van der Waals surface area contributed by atoms with Crippen molar-refractivity contribution in [2.75, 3.05) is 12.4 Å². The van der Waals surface area contributed by atoms with Crippen LogP contribution in [-0.2, 0) is 0 Å². The monoisotopic (exact) mass is 286 g/mol. The number of anilines is 1. The van der Waals surface area contributed by atoms with Gasteiger partial charge in [0.15, 0.2) is 0 Å². The number of ether oxygens (including phenoxy) is 1. The van der Waals surface area contributed by atoms with Gasteiger partial charge in [0.25, 0.3) is 0 Å². The van der Waals surface area contributed by atoms with Gasteiger partial charge in [-0.15, -0.1) is 0 Å². The van der Waals surface area contributed by atoms with Crippen molar-refractivity contribution < 1.29 is 4.74 Å². The van der Waals surface area contributed by atoms with Gasteiger partial charge in [0.1, 0.15) is 11.6 Å². The number of benzene rings is 1. The molecule has 0 aliphatic carbocycles. The van der Waals surface area contributed by atoms with Crippen LogP contribution in [0.15, 0.2) is 30.5 Å². The minimum atomic E-state index is 0.434. The molecule has 0 radical (unpaired) electrons. The van der Waals surface area contributed by atoms with Crippen LogP contribution < -0.4 is 10.1 Å². The van der Waals surface area contributed by atoms with Gasteiger partial charge in [-0.2, -0.15) is 0 Å². The molecule has 3 heteroatoms. The lowest BCUT2D eigenvalue weighted by atomic mass is 10.0. The highest BCUT2D eigenvalue weighted by atomic mass is 16.5. The first kappa shape index (κ1) is 15.6. The van der Waals surface area contributed by atoms with E-state index in [4.69, 9.17) is 4.74 Å². The first-order chi connectivity index (χ1) is 10.1. The molecule has 0 fully saturated rings. The minimum absolute atomic E-state index is 0.434. The smallest absolute Gasteiger partial charge is 0.134 e. The van der Waals surface area contributed by atoms with Gasteiger partial charge < -0.3 is 10.1 Å². The van der Waals surface area contributed by atoms with E-state index < -0.39 is 0 Å². The zero-order valence-corrected chi connectivity index (χ0v) is 13.5. The molecule has 114 valence electrons. The highest BCUT2D eigenvalue weighted by Gasteiger charge is 2.08. The summed E-state index contributed by atoms with van der Waals surface area (Å²) in [6.07, 6.45) is 5.56. The molecule has 0 amide bonds. The summed E-state index contributed by atoms with van der Waals surface area (Å²) in [5, 5.41) is 5.85. The Kier molecular flexibility index (Phi) is 5.43. The maximum Gasteiger partial charge on any atom is 0.134 e. The summed E-state index contributed by atoms with van der Waals surface area (Å²) < 4.78 is 5.28. The molecule has 1 aromatic carbocycles. The van der Waals surface area contributed by atoms with E-state index in [2.05, 4.69) is 37.1 Å². The van der Waals surface area contributed by atoms with E-state index in [-0.39, 0.29) is 0 Å². The predicted molar refractivity (Wildman–Crippen MR) is 90.1 cm³/mol. The summed E-state index contributed by atoms with van der Waals surface area (Å²) in [5.74, 6) is 2.62. The molecule has 0 bridgehead atoms. The third-order valence-electron chi connectivity index (χ3n) is 3.77. The van der Waals surface area contributed by atoms with Crippen LogP contribution in [-0.4, -0.2) is 18.1 Å². The van der Waals surface area contributed by atoms with Crippen LogP contribution in [0.1, 0.15) is 40.0 Å². The second-order valence-electron chi connectivity index (χ2n) is 6.12. The second kappa shape index (κ2) is 7.30. The minimum Gasteiger partial charge on any atom is -0.497 e. The molecule has 0 saturated heterocycles. The van der Waals surface area contributed by atoms with E-state index in [9.17, 15) is 0 Å². The molecular weight excluding hydrogens is 260 g/mol. The van der Waals surface area contributed by atoms with Crippen LogP contribution in [0.3, 0.4) is 0 Å². The number of pyridine rings is 1. The first-order valence-corrected chi connectivity index (χ1v) is 7.79. The summed E-state index contributed by atoms with van der Waals surface area (Å²) in [7, 11) is 1.69. The summed E-state index contributed by atoms with van der Waals surface area (Å²) >= 11 is 0. The summed E-state index contributed by atoms with van der Waals surface area (Å²) in [6.45, 7) is 6.78. The van der Waals surface area contributed by atoms with Crippen LogP contribution in [0.25, 0.3) is 10.8 Å². The molecule has 0 saturated carbocycles. The number of hydrogen-bond acceptors (Lipinski definition) is 3. The normalized spacial score (nSPS) is 12.6. The average molecular weight is 286 g/mol. The van der Waals surface area contributed by atoms with Gasteiger partial charge in [-0.25, -0.2) is 4.98 Å². The first-order valence-electron chi connectivity index (χ1n) is 7.79. The van der Waals surface area contributed by atoms with Crippen LogP contribution in [0.4, 0.5) is 5.82 Å². The molecule has 0 aliphatic heterocycles. The second-order valence-corrected chi connectivity index (χ2v) is 6.12. The summed E-state index contributed by atoms with van der Waals surface area (Å²) in [5.41, 5.74) is 0. The number of aromatic nitrogens is 1. The Morgan fingerprint density at radius 1 is 1.14 bits per heavy atom. The topological polar surface area (TPSA) is 34.1 Å². The van der Waals surface area contributed by atoms with Crippen LogP contribution >= 0.6 is 0 Å². The van der Waals surface area contributed by atoms with Gasteiger partial charge in [0.2, 0.25) is 0 Å². The highest BCUT2D eigenvalue weighted by molar-refractivity contribution is 5.92. The van der Waals surface area contributed by atoms with Gasteiger partial charge >= 0.3 is 0 Å². The van der Waals surface area contributed by atoms with Crippen molar-refractivity contribution in [3.8, 4) is 5.75 Å². The van der Waals surface area contributed by atoms with E-state index in [1.807, 2.05) is 24.4 Å². The Balaban J connectivity index is 2.07. The molecule has 1 heterocycles. The quantitative estimate of drug-likeness (QED) is 0.788. The summed E-state index contributed by atoms with van der Waals surface area (Å²) in [4.78, 5) is 4.49. The largest absolute Gasteiger partial charge is 0.497 e. The van der Waals surface area contributed by atoms with Crippen molar-refractivity contribution in [2.24, 2.45) is 5.92 Å². The van der Waals surface area contributed by atoms with Crippen molar-refractivity contribution in [3.05, 3.63) is 30.5 Å². The maximum absolute atomic E-state index is 5.28. The van der Waals surface area contributed by atoms with Crippen molar-refractivity contribution in [2.45, 2.75) is 46.1 Å². The number of fused-ring (bicyclic) bond motifs is 1. The van der Waals surface area contributed by atoms with Crippen molar-refractivity contribution in [3.63, 3.8) is 0 Å². The van der Waals surface area contributed by atoms with Gasteiger partial charge in [0.05, 0.1) is 7.11 Å². The SMILES string of the molecule is COc1ccc2c(NC(C)CCCC(C)C)nccc2c1. The lowest BCUT2D eigenvalue weighted by Gasteiger charge is -2.16. The fraction of sp³-hybridized carbons (Fsp3) is 0.500. The number of methoxy groups -OCH3 is 1. The molecule has 0 aliphatic rings. The lowest BCUT2D eigenvalue weighted by Crippen LogP contribution is -2.16. The molecule has 21 heavy (non-hydrogen) atoms. The average Bonchev–Trinajstić information content (AvgIpc) is 2.46. The molecule has 1 unspecified atom stereocenters. The molecule has 1 atom stereocenters. The Morgan fingerprint density at radius 2 is 1.95 bits per heavy atom. The Bertz CT molecular complexity index is 580. The number of nitrogens with one attached hydrogen (secondary N) is 1. The van der Waals surface area contributed by atoms with E-state index in [1.54, 1.807) is 7.11 Å². The van der Waals surface area contributed by atoms with Crippen molar-refractivity contribution >= 4 is 16.6 Å². The van der Waals surface area contributed by atoms with E-state index in [0.29, 0.717) is 6.04 Å². The molecule has 1 N–H and O–H groups in total. The molecule has 0 spiro atoms. The summed E-state index contributed by atoms with van der Waals surface area (Å²) in [6, 6.07) is 8.56. The molecule has 1 aromatic heterocycles. The molecule has 2 rings (SSSR count). The fourth-order valence-corrected chi connectivity index (χ4v) is 2.54. The maximum atomic E-state index is 5.28. The molecular formula is C18H26N2O. The van der Waals surface area contributed by atoms with E-state index in [0.717, 1.165) is 28.3 Å². The van der Waals surface area contributed by atoms with E-state index in [1.165, 1.54) is 19.3 Å². The van der Waals surface area contributed by atoms with Crippen LogP contribution in [0.5, 0.6) is 5.75 Å². The Morgan fingerprint density at radius 3 is 2.67 bits per heavy atom. The molecule has 2 aromatic rings. The Labute approximate surface area is 127 Å². The third kappa shape index (κ3) is 4.35. The van der Waals surface area contributed by atoms with Crippen molar-refractivity contribution in [1.82, 2.24) is 4.98 Å². The number of hydrogen-bond donors (Lipinski definition) is 1. The number of rotatable bonds is 7. The zero-order valence-electron chi connectivity index (χ0n) is 13.5. The standard InChI is InChI=1S/C18H26N2O/c1-13(2)6-5-7-14(3)20-18-17-9-8-16(21-4)12-15(17)10-11-19-18/h8-14H,5-7H2,1-4H3,(H,19,20). The van der Waals surface area contributed by atoms with Crippen LogP contribution in [0.2, 0.25) is 0 Å². The van der Waals surface area contributed by atoms with Gasteiger partial charge in [-0.05, 0) is 48.9 Å². The third-order valence-corrected chi connectivity index (χ3v) is 3.77. The zero-order chi connectivity index (χ0) is 15.2. The fourth-order valence-electron chi connectivity index (χ4n) is 2.54. The lowest BCUT2D eigenvalue weighted by molar-refractivity contribution is 0.415. The van der Waals surface area contributed by atoms with E-state index >= 15 is 0 Å². The van der Waals surface area contributed by atoms with Crippen molar-refractivity contribution in [1.29, 1.82) is 0 Å². The van der Waals surface area contributed by atoms with Gasteiger partial charge in [0, 0.05) is 17.6 Å². The number of nitrogens with zero attached hydrogens (tertiary/aromatic N) is 1. The predicted octanol–water partition coefficient (Wildman–Crippen LogP) is 4.87.